The van der Waals surface area contributed by atoms with Crippen LogP contribution < -0.4 is 5.32 Å². The molecule has 0 unspecified atom stereocenters. The van der Waals surface area contributed by atoms with Gasteiger partial charge in [-0.1, -0.05) is 35.0 Å². The minimum atomic E-state index is -0.0702. The molecule has 3 aromatic rings. The van der Waals surface area contributed by atoms with Crippen molar-refractivity contribution in [3.05, 3.63) is 57.6 Å². The van der Waals surface area contributed by atoms with Gasteiger partial charge in [0.1, 0.15) is 0 Å². The summed E-state index contributed by atoms with van der Waals surface area (Å²) in [6, 6.07) is 11.2. The van der Waals surface area contributed by atoms with E-state index < -0.39 is 0 Å². The molecule has 1 fully saturated rings. The maximum atomic E-state index is 12.1. The van der Waals surface area contributed by atoms with Crippen molar-refractivity contribution in [2.45, 2.75) is 12.5 Å². The lowest BCUT2D eigenvalue weighted by molar-refractivity contribution is 0.136. The van der Waals surface area contributed by atoms with Gasteiger partial charge in [0.15, 0.2) is 0 Å². The van der Waals surface area contributed by atoms with Crippen molar-refractivity contribution in [1.82, 2.24) is 20.4 Å². The molecule has 0 aliphatic carbocycles. The van der Waals surface area contributed by atoms with E-state index in [9.17, 15) is 4.79 Å². The first-order chi connectivity index (χ1) is 12.2. The number of carbonyl (C=O) groups excluding carboxylic acids is 1. The SMILES string of the molecule is O=C(NCc1cccs1)N1CC(c2nc(-c3cccc(Cl)c3)no2)C1. The Morgan fingerprint density at radius 1 is 1.36 bits per heavy atom. The van der Waals surface area contributed by atoms with Gasteiger partial charge in [-0.2, -0.15) is 4.98 Å². The molecule has 4 rings (SSSR count). The summed E-state index contributed by atoms with van der Waals surface area (Å²) in [7, 11) is 0. The lowest BCUT2D eigenvalue weighted by Crippen LogP contribution is -2.52. The largest absolute Gasteiger partial charge is 0.339 e. The first kappa shape index (κ1) is 16.1. The highest BCUT2D eigenvalue weighted by Gasteiger charge is 2.35. The van der Waals surface area contributed by atoms with Gasteiger partial charge in [-0.15, -0.1) is 11.3 Å². The summed E-state index contributed by atoms with van der Waals surface area (Å²) < 4.78 is 5.35. The fraction of sp³-hybridized carbons (Fsp3) is 0.235. The second kappa shape index (κ2) is 6.85. The molecule has 0 atom stereocenters. The summed E-state index contributed by atoms with van der Waals surface area (Å²) in [6.07, 6.45) is 0. The fourth-order valence-electron chi connectivity index (χ4n) is 2.63. The van der Waals surface area contributed by atoms with Crippen LogP contribution in [0.5, 0.6) is 0 Å². The molecule has 0 radical (unpaired) electrons. The Bertz CT molecular complexity index is 874. The van der Waals surface area contributed by atoms with E-state index in [1.54, 1.807) is 28.4 Å². The molecule has 0 spiro atoms. The molecule has 6 nitrogen and oxygen atoms in total. The molecule has 0 bridgehead atoms. The van der Waals surface area contributed by atoms with Gasteiger partial charge in [0.2, 0.25) is 11.7 Å². The Balaban J connectivity index is 1.32. The second-order valence-electron chi connectivity index (χ2n) is 5.81. The lowest BCUT2D eigenvalue weighted by Gasteiger charge is -2.36. The van der Waals surface area contributed by atoms with Gasteiger partial charge in [0, 0.05) is 28.6 Å². The van der Waals surface area contributed by atoms with Crippen molar-refractivity contribution in [3.8, 4) is 11.4 Å². The summed E-state index contributed by atoms with van der Waals surface area (Å²) in [5.41, 5.74) is 0.812. The number of likely N-dealkylation sites (tertiary alicyclic amines) is 1. The molecule has 2 amide bonds. The molecule has 1 aliphatic heterocycles. The molecule has 1 aliphatic rings. The second-order valence-corrected chi connectivity index (χ2v) is 7.28. The number of urea groups is 1. The maximum Gasteiger partial charge on any atom is 0.317 e. The number of carbonyl (C=O) groups is 1. The summed E-state index contributed by atoms with van der Waals surface area (Å²) in [5.74, 6) is 1.14. The summed E-state index contributed by atoms with van der Waals surface area (Å²) in [4.78, 5) is 19.4. The Morgan fingerprint density at radius 3 is 3.00 bits per heavy atom. The summed E-state index contributed by atoms with van der Waals surface area (Å²) >= 11 is 7.61. The van der Waals surface area contributed by atoms with E-state index in [2.05, 4.69) is 15.5 Å². The van der Waals surface area contributed by atoms with Crippen LogP contribution in [0.15, 0.2) is 46.3 Å². The Labute approximate surface area is 153 Å². The van der Waals surface area contributed by atoms with Crippen molar-refractivity contribution >= 4 is 29.0 Å². The number of hydrogen-bond acceptors (Lipinski definition) is 5. The average molecular weight is 375 g/mol. The van der Waals surface area contributed by atoms with Gasteiger partial charge in [-0.05, 0) is 23.6 Å². The van der Waals surface area contributed by atoms with E-state index in [0.29, 0.717) is 36.4 Å². The van der Waals surface area contributed by atoms with Crippen LogP contribution in [0.3, 0.4) is 0 Å². The van der Waals surface area contributed by atoms with Crippen LogP contribution in [0.4, 0.5) is 4.79 Å². The monoisotopic (exact) mass is 374 g/mol. The predicted molar refractivity (Wildman–Crippen MR) is 95.6 cm³/mol. The normalized spacial score (nSPS) is 14.4. The molecule has 25 heavy (non-hydrogen) atoms. The van der Waals surface area contributed by atoms with Gasteiger partial charge in [-0.3, -0.25) is 0 Å². The first-order valence-electron chi connectivity index (χ1n) is 7.84. The van der Waals surface area contributed by atoms with Crippen LogP contribution in [0.1, 0.15) is 16.7 Å². The van der Waals surface area contributed by atoms with Crippen LogP contribution in [0.25, 0.3) is 11.4 Å². The Hall–Kier alpha value is -2.38. The number of hydrogen-bond donors (Lipinski definition) is 1. The Kier molecular flexibility index (Phi) is 4.42. The van der Waals surface area contributed by atoms with Crippen LogP contribution in [0, 0.1) is 0 Å². The van der Waals surface area contributed by atoms with E-state index in [-0.39, 0.29) is 11.9 Å². The highest BCUT2D eigenvalue weighted by atomic mass is 35.5. The summed E-state index contributed by atoms with van der Waals surface area (Å²) in [5, 5.41) is 9.54. The average Bonchev–Trinajstić information content (AvgIpc) is 3.23. The molecular formula is C17H15ClN4O2S. The highest BCUT2D eigenvalue weighted by molar-refractivity contribution is 7.09. The standard InChI is InChI=1S/C17H15ClN4O2S/c18-13-4-1-3-11(7-13)15-20-16(24-21-15)12-9-22(10-12)17(23)19-8-14-5-2-6-25-14/h1-7,12H,8-10H2,(H,19,23). The molecule has 1 saturated heterocycles. The minimum absolute atomic E-state index is 0.0702. The smallest absolute Gasteiger partial charge is 0.317 e. The zero-order chi connectivity index (χ0) is 17.2. The zero-order valence-electron chi connectivity index (χ0n) is 13.2. The van der Waals surface area contributed by atoms with E-state index in [1.807, 2.05) is 29.6 Å². The third kappa shape index (κ3) is 3.52. The fourth-order valence-corrected chi connectivity index (χ4v) is 3.47. The molecule has 8 heteroatoms. The van der Waals surface area contributed by atoms with Gasteiger partial charge in [0.25, 0.3) is 0 Å². The Morgan fingerprint density at radius 2 is 2.24 bits per heavy atom. The lowest BCUT2D eigenvalue weighted by atomic mass is 10.0. The van der Waals surface area contributed by atoms with Crippen molar-refractivity contribution in [2.24, 2.45) is 0 Å². The highest BCUT2D eigenvalue weighted by Crippen LogP contribution is 2.28. The number of aromatic nitrogens is 2. The molecule has 128 valence electrons. The molecule has 2 aromatic heterocycles. The van der Waals surface area contributed by atoms with Gasteiger partial charge >= 0.3 is 6.03 Å². The van der Waals surface area contributed by atoms with Crippen molar-refractivity contribution in [3.63, 3.8) is 0 Å². The molecular weight excluding hydrogens is 360 g/mol. The zero-order valence-corrected chi connectivity index (χ0v) is 14.8. The van der Waals surface area contributed by atoms with E-state index >= 15 is 0 Å². The number of benzene rings is 1. The minimum Gasteiger partial charge on any atom is -0.339 e. The van der Waals surface area contributed by atoms with Gasteiger partial charge < -0.3 is 14.7 Å². The number of nitrogens with zero attached hydrogens (tertiary/aromatic N) is 3. The molecule has 3 heterocycles. The van der Waals surface area contributed by atoms with Crippen LogP contribution >= 0.6 is 22.9 Å². The third-order valence-electron chi connectivity index (χ3n) is 4.04. The number of nitrogens with one attached hydrogen (secondary N) is 1. The maximum absolute atomic E-state index is 12.1. The van der Waals surface area contributed by atoms with Crippen molar-refractivity contribution in [2.75, 3.05) is 13.1 Å². The van der Waals surface area contributed by atoms with Crippen LogP contribution in [-0.2, 0) is 6.54 Å². The van der Waals surface area contributed by atoms with E-state index in [1.165, 1.54) is 0 Å². The first-order valence-corrected chi connectivity index (χ1v) is 9.09. The number of thiophene rings is 1. The van der Waals surface area contributed by atoms with Crippen LogP contribution in [-0.4, -0.2) is 34.2 Å². The van der Waals surface area contributed by atoms with E-state index in [0.717, 1.165) is 10.4 Å². The molecule has 1 aromatic carbocycles. The molecule has 0 saturated carbocycles. The summed E-state index contributed by atoms with van der Waals surface area (Å²) in [6.45, 7) is 1.71. The predicted octanol–water partition coefficient (Wildman–Crippen LogP) is 3.76. The quantitative estimate of drug-likeness (QED) is 0.754. The van der Waals surface area contributed by atoms with Gasteiger partial charge in [0.05, 0.1) is 12.5 Å². The van der Waals surface area contributed by atoms with E-state index in [4.69, 9.17) is 16.1 Å². The molecule has 1 N–H and O–H groups in total. The number of halogens is 1. The number of rotatable bonds is 4. The number of amides is 2. The third-order valence-corrected chi connectivity index (χ3v) is 5.15. The topological polar surface area (TPSA) is 71.3 Å². The van der Waals surface area contributed by atoms with Crippen molar-refractivity contribution in [1.29, 1.82) is 0 Å². The van der Waals surface area contributed by atoms with Gasteiger partial charge in [-0.25, -0.2) is 4.79 Å². The van der Waals surface area contributed by atoms with Crippen LogP contribution in [0.2, 0.25) is 5.02 Å². The van der Waals surface area contributed by atoms with Crippen molar-refractivity contribution < 1.29 is 9.32 Å².